The maximum atomic E-state index is 13.4. The molecule has 0 fully saturated rings. The van der Waals surface area contributed by atoms with E-state index in [0.717, 1.165) is 0 Å². The van der Waals surface area contributed by atoms with E-state index in [1.807, 2.05) is 0 Å². The minimum absolute atomic E-state index is 0.213. The van der Waals surface area contributed by atoms with Crippen molar-refractivity contribution in [3.05, 3.63) is 24.0 Å². The Balaban J connectivity index is 2.76. The molecule has 0 radical (unpaired) electrons. The molecule has 1 unspecified atom stereocenters. The zero-order valence-electron chi connectivity index (χ0n) is 10.1. The first-order valence-corrected chi connectivity index (χ1v) is 5.35. The summed E-state index contributed by atoms with van der Waals surface area (Å²) in [7, 11) is 1.49. The van der Waals surface area contributed by atoms with Gasteiger partial charge in [-0.25, -0.2) is 9.18 Å². The molecule has 1 aromatic rings. The lowest BCUT2D eigenvalue weighted by Gasteiger charge is -2.15. The van der Waals surface area contributed by atoms with Crippen LogP contribution in [0.5, 0.6) is 5.75 Å². The van der Waals surface area contributed by atoms with E-state index >= 15 is 0 Å². The molecule has 5 heteroatoms. The zero-order chi connectivity index (χ0) is 12.8. The molecule has 0 amide bonds. The van der Waals surface area contributed by atoms with Gasteiger partial charge in [-0.2, -0.15) is 0 Å². The molecule has 0 spiro atoms. The van der Waals surface area contributed by atoms with E-state index in [1.54, 1.807) is 13.8 Å². The van der Waals surface area contributed by atoms with Gasteiger partial charge in [0, 0.05) is 6.07 Å². The van der Waals surface area contributed by atoms with E-state index in [0.29, 0.717) is 12.4 Å². The van der Waals surface area contributed by atoms with Crippen molar-refractivity contribution in [1.82, 2.24) is 0 Å². The van der Waals surface area contributed by atoms with Crippen LogP contribution in [-0.2, 0) is 9.53 Å². The van der Waals surface area contributed by atoms with Crippen molar-refractivity contribution in [2.24, 2.45) is 0 Å². The van der Waals surface area contributed by atoms with Crippen LogP contribution in [0.4, 0.5) is 10.1 Å². The van der Waals surface area contributed by atoms with Crippen molar-refractivity contribution in [3.63, 3.8) is 0 Å². The number of esters is 1. The number of hydrogen-bond acceptors (Lipinski definition) is 4. The average molecular weight is 241 g/mol. The first-order chi connectivity index (χ1) is 8.08. The minimum Gasteiger partial charge on any atom is -0.497 e. The predicted molar refractivity (Wildman–Crippen MR) is 62.7 cm³/mol. The highest BCUT2D eigenvalue weighted by atomic mass is 19.1. The fourth-order valence-corrected chi connectivity index (χ4v) is 1.30. The number of carbonyl (C=O) groups excluding carboxylic acids is 1. The molecule has 1 atom stereocenters. The van der Waals surface area contributed by atoms with E-state index in [1.165, 1.54) is 25.3 Å². The largest absolute Gasteiger partial charge is 0.497 e. The summed E-state index contributed by atoms with van der Waals surface area (Å²) >= 11 is 0. The quantitative estimate of drug-likeness (QED) is 0.803. The van der Waals surface area contributed by atoms with Gasteiger partial charge < -0.3 is 14.8 Å². The number of benzene rings is 1. The van der Waals surface area contributed by atoms with Crippen LogP contribution < -0.4 is 10.1 Å². The van der Waals surface area contributed by atoms with Gasteiger partial charge >= 0.3 is 5.97 Å². The SMILES string of the molecule is CCOC(=O)C(C)Nc1cc(OC)ccc1F. The molecule has 0 aliphatic heterocycles. The molecule has 4 nitrogen and oxygen atoms in total. The van der Waals surface area contributed by atoms with Gasteiger partial charge in [-0.1, -0.05) is 0 Å². The Labute approximate surface area is 99.7 Å². The molecule has 0 heterocycles. The number of rotatable bonds is 5. The molecule has 0 saturated carbocycles. The van der Waals surface area contributed by atoms with Crippen molar-refractivity contribution in [1.29, 1.82) is 0 Å². The zero-order valence-corrected chi connectivity index (χ0v) is 10.1. The third-order valence-electron chi connectivity index (χ3n) is 2.19. The second-order valence-electron chi connectivity index (χ2n) is 3.46. The van der Waals surface area contributed by atoms with Crippen LogP contribution in [0, 0.1) is 5.82 Å². The van der Waals surface area contributed by atoms with Gasteiger partial charge in [0.25, 0.3) is 0 Å². The second kappa shape index (κ2) is 6.08. The summed E-state index contributed by atoms with van der Waals surface area (Å²) < 4.78 is 23.2. The van der Waals surface area contributed by atoms with Crippen LogP contribution in [0.1, 0.15) is 13.8 Å². The number of carbonyl (C=O) groups is 1. The van der Waals surface area contributed by atoms with Crippen molar-refractivity contribution < 1.29 is 18.7 Å². The highest BCUT2D eigenvalue weighted by molar-refractivity contribution is 5.78. The second-order valence-corrected chi connectivity index (χ2v) is 3.46. The lowest BCUT2D eigenvalue weighted by Crippen LogP contribution is -2.28. The Bertz CT molecular complexity index is 395. The first-order valence-electron chi connectivity index (χ1n) is 5.35. The molecule has 17 heavy (non-hydrogen) atoms. The molecular weight excluding hydrogens is 225 g/mol. The maximum absolute atomic E-state index is 13.4. The number of hydrogen-bond donors (Lipinski definition) is 1. The summed E-state index contributed by atoms with van der Waals surface area (Å²) in [5, 5.41) is 2.74. The van der Waals surface area contributed by atoms with Gasteiger partial charge in [0.05, 0.1) is 19.4 Å². The van der Waals surface area contributed by atoms with E-state index < -0.39 is 17.8 Å². The Morgan fingerprint density at radius 1 is 1.53 bits per heavy atom. The monoisotopic (exact) mass is 241 g/mol. The highest BCUT2D eigenvalue weighted by Gasteiger charge is 2.15. The predicted octanol–water partition coefficient (Wildman–Crippen LogP) is 2.20. The van der Waals surface area contributed by atoms with Crippen molar-refractivity contribution >= 4 is 11.7 Å². The summed E-state index contributed by atoms with van der Waals surface area (Å²) in [4.78, 5) is 11.4. The van der Waals surface area contributed by atoms with Crippen LogP contribution in [0.2, 0.25) is 0 Å². The molecular formula is C12H16FNO3. The van der Waals surface area contributed by atoms with Gasteiger partial charge in [-0.3, -0.25) is 0 Å². The number of halogens is 1. The van der Waals surface area contributed by atoms with Gasteiger partial charge in [-0.15, -0.1) is 0 Å². The Morgan fingerprint density at radius 3 is 2.82 bits per heavy atom. The molecule has 1 N–H and O–H groups in total. The standard InChI is InChI=1S/C12H16FNO3/c1-4-17-12(15)8(2)14-11-7-9(16-3)5-6-10(11)13/h5-8,14H,4H2,1-3H3. The molecule has 0 aliphatic carbocycles. The van der Waals surface area contributed by atoms with Gasteiger partial charge in [0.2, 0.25) is 0 Å². The lowest BCUT2D eigenvalue weighted by atomic mass is 10.2. The molecule has 0 saturated heterocycles. The Kier molecular flexibility index (Phi) is 4.75. The third-order valence-corrected chi connectivity index (χ3v) is 2.19. The van der Waals surface area contributed by atoms with Crippen molar-refractivity contribution in [2.75, 3.05) is 19.0 Å². The maximum Gasteiger partial charge on any atom is 0.328 e. The molecule has 94 valence electrons. The van der Waals surface area contributed by atoms with E-state index in [9.17, 15) is 9.18 Å². The fraction of sp³-hybridized carbons (Fsp3) is 0.417. The first kappa shape index (κ1) is 13.3. The smallest absolute Gasteiger partial charge is 0.328 e. The van der Waals surface area contributed by atoms with Crippen LogP contribution >= 0.6 is 0 Å². The topological polar surface area (TPSA) is 47.6 Å². The van der Waals surface area contributed by atoms with E-state index in [4.69, 9.17) is 9.47 Å². The van der Waals surface area contributed by atoms with E-state index in [2.05, 4.69) is 5.32 Å². The lowest BCUT2D eigenvalue weighted by molar-refractivity contribution is -0.143. The van der Waals surface area contributed by atoms with Crippen molar-refractivity contribution in [2.45, 2.75) is 19.9 Å². The van der Waals surface area contributed by atoms with Crippen LogP contribution in [0.15, 0.2) is 18.2 Å². The normalized spacial score (nSPS) is 11.8. The fourth-order valence-electron chi connectivity index (χ4n) is 1.30. The van der Waals surface area contributed by atoms with Gasteiger partial charge in [-0.05, 0) is 26.0 Å². The summed E-state index contributed by atoms with van der Waals surface area (Å²) in [5.41, 5.74) is 0.213. The van der Waals surface area contributed by atoms with Crippen LogP contribution in [-0.4, -0.2) is 25.7 Å². The molecule has 0 bridgehead atoms. The average Bonchev–Trinajstić information content (AvgIpc) is 2.32. The van der Waals surface area contributed by atoms with E-state index in [-0.39, 0.29) is 5.69 Å². The van der Waals surface area contributed by atoms with Crippen LogP contribution in [0.3, 0.4) is 0 Å². The number of anilines is 1. The summed E-state index contributed by atoms with van der Waals surface area (Å²) in [6.07, 6.45) is 0. The highest BCUT2D eigenvalue weighted by Crippen LogP contribution is 2.21. The Hall–Kier alpha value is -1.78. The summed E-state index contributed by atoms with van der Waals surface area (Å²) in [6.45, 7) is 3.62. The molecule has 0 aliphatic rings. The molecule has 1 aromatic carbocycles. The van der Waals surface area contributed by atoms with Gasteiger partial charge in [0.1, 0.15) is 17.6 Å². The third kappa shape index (κ3) is 3.62. The minimum atomic E-state index is -0.614. The number of nitrogens with one attached hydrogen (secondary N) is 1. The number of ether oxygens (including phenoxy) is 2. The summed E-state index contributed by atoms with van der Waals surface area (Å²) in [5.74, 6) is -0.346. The summed E-state index contributed by atoms with van der Waals surface area (Å²) in [6, 6.07) is 3.66. The van der Waals surface area contributed by atoms with Gasteiger partial charge in [0.15, 0.2) is 0 Å². The molecule has 0 aromatic heterocycles. The van der Waals surface area contributed by atoms with Crippen LogP contribution in [0.25, 0.3) is 0 Å². The number of methoxy groups -OCH3 is 1. The Morgan fingerprint density at radius 2 is 2.24 bits per heavy atom. The van der Waals surface area contributed by atoms with Crippen molar-refractivity contribution in [3.8, 4) is 5.75 Å². The molecule has 1 rings (SSSR count).